The van der Waals surface area contributed by atoms with E-state index in [1.165, 1.54) is 11.1 Å². The third-order valence-corrected chi connectivity index (χ3v) is 13.1. The van der Waals surface area contributed by atoms with Crippen molar-refractivity contribution in [2.45, 2.75) is 82.5 Å². The van der Waals surface area contributed by atoms with Crippen molar-refractivity contribution in [2.24, 2.45) is 23.7 Å². The highest BCUT2D eigenvalue weighted by molar-refractivity contribution is 7.90. The topological polar surface area (TPSA) is 95.9 Å². The van der Waals surface area contributed by atoms with Crippen molar-refractivity contribution >= 4 is 33.2 Å². The standard InChI is InChI=1S/C35H45ClN2O5S/c1-4-32(39)29-9-5-7-22(2)23(3)44(41,42)37-34(40)25-11-15-33-31(18-25)38(19-26-10-13-28(26)29)20-35(21-43-33)16-6-8-24-17-27(36)12-14-30(24)35/h5,9,11-12,14-15,17-18,22-23,26,28-29,32,39H,4,6-8,10,13,16,19-21H2,1-3H3,(H,37,40)/b9-5-/t22-,23+,26-,28+,29-,32-,35-/m0/s1. The fourth-order valence-corrected chi connectivity index (χ4v) is 9.40. The number of anilines is 1. The highest BCUT2D eigenvalue weighted by atomic mass is 35.5. The number of nitrogens with zero attached hydrogens (tertiary/aromatic N) is 1. The van der Waals surface area contributed by atoms with Crippen LogP contribution in [0.3, 0.4) is 0 Å². The molecule has 1 saturated carbocycles. The number of nitrogens with one attached hydrogen (secondary N) is 1. The summed E-state index contributed by atoms with van der Waals surface area (Å²) in [6.07, 6.45) is 10.0. The zero-order chi connectivity index (χ0) is 31.2. The highest BCUT2D eigenvalue weighted by Gasteiger charge is 2.45. The molecule has 2 aromatic carbocycles. The summed E-state index contributed by atoms with van der Waals surface area (Å²) in [5, 5.41) is 11.1. The first-order valence-electron chi connectivity index (χ1n) is 16.2. The first-order valence-corrected chi connectivity index (χ1v) is 18.1. The van der Waals surface area contributed by atoms with Crippen LogP contribution < -0.4 is 14.4 Å². The van der Waals surface area contributed by atoms with Gasteiger partial charge in [-0.15, -0.1) is 0 Å². The van der Waals surface area contributed by atoms with Crippen LogP contribution in [-0.2, 0) is 21.9 Å². The quantitative estimate of drug-likeness (QED) is 0.376. The van der Waals surface area contributed by atoms with Gasteiger partial charge in [0.05, 0.1) is 23.6 Å². The first kappa shape index (κ1) is 31.4. The summed E-state index contributed by atoms with van der Waals surface area (Å²) >= 11 is 6.42. The van der Waals surface area contributed by atoms with Crippen LogP contribution in [-0.4, -0.2) is 50.5 Å². The van der Waals surface area contributed by atoms with E-state index in [1.54, 1.807) is 19.1 Å². The normalized spacial score (nSPS) is 33.1. The maximum Gasteiger partial charge on any atom is 0.264 e. The fourth-order valence-electron chi connectivity index (χ4n) is 7.92. The summed E-state index contributed by atoms with van der Waals surface area (Å²) in [6, 6.07) is 11.5. The number of sulfonamides is 1. The molecule has 0 saturated heterocycles. The second kappa shape index (κ2) is 12.3. The molecule has 238 valence electrons. The fraction of sp³-hybridized carbons (Fsp3) is 0.571. The average Bonchev–Trinajstić information content (AvgIpc) is 3.13. The van der Waals surface area contributed by atoms with E-state index in [1.807, 2.05) is 32.1 Å². The molecule has 2 aromatic rings. The Bertz CT molecular complexity index is 1540. The van der Waals surface area contributed by atoms with Gasteiger partial charge in [0.15, 0.2) is 0 Å². The van der Waals surface area contributed by atoms with Gasteiger partial charge in [0.25, 0.3) is 5.91 Å². The lowest BCUT2D eigenvalue weighted by atomic mass is 9.64. The highest BCUT2D eigenvalue weighted by Crippen LogP contribution is 2.48. The van der Waals surface area contributed by atoms with Crippen LogP contribution in [0.4, 0.5) is 5.69 Å². The Morgan fingerprint density at radius 3 is 2.75 bits per heavy atom. The number of allylic oxidation sites excluding steroid dienone is 1. The zero-order valence-electron chi connectivity index (χ0n) is 26.0. The van der Waals surface area contributed by atoms with Gasteiger partial charge in [-0.2, -0.15) is 0 Å². The molecule has 1 spiro atoms. The Morgan fingerprint density at radius 2 is 2.00 bits per heavy atom. The van der Waals surface area contributed by atoms with Crippen molar-refractivity contribution in [3.05, 3.63) is 70.3 Å². The molecule has 2 aliphatic carbocycles. The number of hydrogen-bond donors (Lipinski definition) is 2. The van der Waals surface area contributed by atoms with E-state index in [-0.39, 0.29) is 17.3 Å². The van der Waals surface area contributed by atoms with Crippen LogP contribution in [0.2, 0.25) is 5.02 Å². The van der Waals surface area contributed by atoms with E-state index >= 15 is 0 Å². The second-order valence-corrected chi connectivity index (χ2v) is 16.1. The molecule has 44 heavy (non-hydrogen) atoms. The van der Waals surface area contributed by atoms with Crippen LogP contribution >= 0.6 is 11.6 Å². The van der Waals surface area contributed by atoms with E-state index in [0.29, 0.717) is 49.1 Å². The van der Waals surface area contributed by atoms with Gasteiger partial charge >= 0.3 is 0 Å². The maximum atomic E-state index is 13.4. The number of aryl methyl sites for hydroxylation is 1. The van der Waals surface area contributed by atoms with Gasteiger partial charge in [-0.05, 0) is 111 Å². The van der Waals surface area contributed by atoms with Gasteiger partial charge in [-0.25, -0.2) is 13.1 Å². The minimum absolute atomic E-state index is 0.00557. The number of ether oxygens (including phenoxy) is 1. The van der Waals surface area contributed by atoms with Crippen molar-refractivity contribution in [3.63, 3.8) is 0 Å². The maximum absolute atomic E-state index is 13.4. The molecule has 1 fully saturated rings. The van der Waals surface area contributed by atoms with Crippen molar-refractivity contribution < 1.29 is 23.1 Å². The van der Waals surface area contributed by atoms with Crippen LogP contribution in [0.15, 0.2) is 48.6 Å². The molecule has 7 nitrogen and oxygen atoms in total. The van der Waals surface area contributed by atoms with Crippen LogP contribution in [0.5, 0.6) is 5.75 Å². The Morgan fingerprint density at radius 1 is 1.18 bits per heavy atom. The number of aliphatic hydroxyl groups is 1. The molecule has 0 unspecified atom stereocenters. The van der Waals surface area contributed by atoms with Crippen molar-refractivity contribution in [1.82, 2.24) is 4.72 Å². The number of halogens is 1. The summed E-state index contributed by atoms with van der Waals surface area (Å²) in [5.74, 6) is 0.555. The van der Waals surface area contributed by atoms with Gasteiger partial charge in [0, 0.05) is 35.0 Å². The average molecular weight is 641 g/mol. The summed E-state index contributed by atoms with van der Waals surface area (Å²) in [4.78, 5) is 15.8. The van der Waals surface area contributed by atoms with E-state index in [0.717, 1.165) is 49.4 Å². The van der Waals surface area contributed by atoms with Gasteiger partial charge in [0.1, 0.15) is 5.75 Å². The molecule has 4 aliphatic rings. The monoisotopic (exact) mass is 640 g/mol. The molecular formula is C35H45ClN2O5S. The summed E-state index contributed by atoms with van der Waals surface area (Å²) in [5.41, 5.74) is 3.39. The number of carbonyl (C=O) groups excluding carboxylic acids is 1. The molecule has 2 heterocycles. The lowest BCUT2D eigenvalue weighted by Crippen LogP contribution is -2.49. The second-order valence-electron chi connectivity index (χ2n) is 13.7. The van der Waals surface area contributed by atoms with Crippen LogP contribution in [0.1, 0.15) is 80.8 Å². The molecule has 6 rings (SSSR count). The smallest absolute Gasteiger partial charge is 0.264 e. The number of rotatable bonds is 2. The SMILES string of the molecule is CC[C@H](O)[C@H]1/C=C\C[C@H](C)[C@@H](C)S(=O)(=O)NC(=O)c2ccc3c(c2)N(C[C@@H]2CC[C@H]21)C[C@@]1(CCCc2cc(Cl)ccc21)CO3. The van der Waals surface area contributed by atoms with Crippen LogP contribution in [0, 0.1) is 23.7 Å². The van der Waals surface area contributed by atoms with E-state index in [9.17, 15) is 18.3 Å². The van der Waals surface area contributed by atoms with Crippen molar-refractivity contribution in [1.29, 1.82) is 0 Å². The predicted molar refractivity (Wildman–Crippen MR) is 175 cm³/mol. The molecule has 9 heteroatoms. The summed E-state index contributed by atoms with van der Waals surface area (Å²) < 4.78 is 35.5. The van der Waals surface area contributed by atoms with Crippen LogP contribution in [0.25, 0.3) is 0 Å². The van der Waals surface area contributed by atoms with Crippen molar-refractivity contribution in [3.8, 4) is 5.75 Å². The number of hydrogen-bond acceptors (Lipinski definition) is 6. The van der Waals surface area contributed by atoms with Gasteiger partial charge in [-0.1, -0.05) is 43.7 Å². The van der Waals surface area contributed by atoms with E-state index in [4.69, 9.17) is 16.3 Å². The zero-order valence-corrected chi connectivity index (χ0v) is 27.5. The number of amides is 1. The van der Waals surface area contributed by atoms with E-state index in [2.05, 4.69) is 27.8 Å². The number of carbonyl (C=O) groups is 1. The first-order chi connectivity index (χ1) is 21.0. The Balaban J connectivity index is 1.44. The minimum Gasteiger partial charge on any atom is -0.490 e. The molecular weight excluding hydrogens is 596 g/mol. The molecule has 7 atom stereocenters. The van der Waals surface area contributed by atoms with Gasteiger partial charge in [-0.3, -0.25) is 4.79 Å². The molecule has 2 bridgehead atoms. The molecule has 0 aromatic heterocycles. The van der Waals surface area contributed by atoms with Crippen molar-refractivity contribution in [2.75, 3.05) is 24.6 Å². The minimum atomic E-state index is -3.92. The Hall–Kier alpha value is -2.55. The molecule has 0 radical (unpaired) electrons. The number of aliphatic hydroxyl groups excluding tert-OH is 1. The molecule has 2 aliphatic heterocycles. The third-order valence-electron chi connectivity index (χ3n) is 11.0. The lowest BCUT2D eigenvalue weighted by Gasteiger charge is -2.47. The lowest BCUT2D eigenvalue weighted by molar-refractivity contribution is 0.0313. The molecule has 1 amide bonds. The Kier molecular flexibility index (Phi) is 8.81. The van der Waals surface area contributed by atoms with E-state index < -0.39 is 27.3 Å². The summed E-state index contributed by atoms with van der Waals surface area (Å²) in [6.45, 7) is 7.55. The third kappa shape index (κ3) is 5.90. The predicted octanol–water partition coefficient (Wildman–Crippen LogP) is 6.27. The molecule has 2 N–H and O–H groups in total. The largest absolute Gasteiger partial charge is 0.490 e. The number of benzene rings is 2. The van der Waals surface area contributed by atoms with Gasteiger partial charge < -0.3 is 14.7 Å². The summed E-state index contributed by atoms with van der Waals surface area (Å²) in [7, 11) is -3.92. The Labute approximate surface area is 267 Å². The number of fused-ring (bicyclic) bond motifs is 4. The van der Waals surface area contributed by atoms with Gasteiger partial charge in [0.2, 0.25) is 10.0 Å².